The molecule has 0 radical (unpaired) electrons. The van der Waals surface area contributed by atoms with Gasteiger partial charge in [0.2, 0.25) is 5.91 Å². The standard InChI is InChI=1S/C14H26N2O/c1-11-5-3-6-12(2)16(10-11)13(17)9-14(15)7-4-8-14/h11-12H,3-10,15H2,1-2H3/t11-,12-/m1/s1. The van der Waals surface area contributed by atoms with Crippen LogP contribution in [0.5, 0.6) is 0 Å². The van der Waals surface area contributed by atoms with E-state index < -0.39 is 0 Å². The zero-order valence-electron chi connectivity index (χ0n) is 11.2. The zero-order valence-corrected chi connectivity index (χ0v) is 11.2. The van der Waals surface area contributed by atoms with Crippen molar-refractivity contribution >= 4 is 5.91 Å². The molecule has 2 fully saturated rings. The number of amides is 1. The Balaban J connectivity index is 1.95. The molecule has 1 saturated carbocycles. The molecule has 0 bridgehead atoms. The van der Waals surface area contributed by atoms with Crippen LogP contribution in [0, 0.1) is 5.92 Å². The SMILES string of the molecule is C[C@@H]1CCC[C@@H](C)N(C(=O)CC2(N)CCC2)C1. The molecule has 1 saturated heterocycles. The van der Waals surface area contributed by atoms with E-state index in [2.05, 4.69) is 18.7 Å². The maximum atomic E-state index is 12.4. The molecule has 3 nitrogen and oxygen atoms in total. The largest absolute Gasteiger partial charge is 0.340 e. The first-order valence-corrected chi connectivity index (χ1v) is 7.08. The molecule has 0 aromatic rings. The molecular formula is C14H26N2O. The van der Waals surface area contributed by atoms with Gasteiger partial charge in [0.1, 0.15) is 0 Å². The minimum Gasteiger partial charge on any atom is -0.340 e. The van der Waals surface area contributed by atoms with Crippen LogP contribution < -0.4 is 5.73 Å². The van der Waals surface area contributed by atoms with Gasteiger partial charge < -0.3 is 10.6 Å². The number of hydrogen-bond donors (Lipinski definition) is 1. The number of rotatable bonds is 2. The Kier molecular flexibility index (Phi) is 3.76. The average molecular weight is 238 g/mol. The molecular weight excluding hydrogens is 212 g/mol. The molecule has 0 unspecified atom stereocenters. The maximum absolute atomic E-state index is 12.4. The van der Waals surface area contributed by atoms with Gasteiger partial charge in [-0.05, 0) is 44.9 Å². The Hall–Kier alpha value is -0.570. The number of nitrogens with two attached hydrogens (primary N) is 1. The van der Waals surface area contributed by atoms with Crippen molar-refractivity contribution in [1.82, 2.24) is 4.90 Å². The van der Waals surface area contributed by atoms with Crippen molar-refractivity contribution in [2.75, 3.05) is 6.54 Å². The van der Waals surface area contributed by atoms with Crippen LogP contribution in [0.1, 0.15) is 58.8 Å². The van der Waals surface area contributed by atoms with Gasteiger partial charge in [0.25, 0.3) is 0 Å². The minimum absolute atomic E-state index is 0.174. The lowest BCUT2D eigenvalue weighted by atomic mass is 9.75. The Morgan fingerprint density at radius 3 is 2.59 bits per heavy atom. The molecule has 2 aliphatic rings. The Morgan fingerprint density at radius 2 is 2.00 bits per heavy atom. The van der Waals surface area contributed by atoms with Gasteiger partial charge in [-0.15, -0.1) is 0 Å². The highest BCUT2D eigenvalue weighted by Crippen LogP contribution is 2.33. The van der Waals surface area contributed by atoms with E-state index in [4.69, 9.17) is 5.73 Å². The van der Waals surface area contributed by atoms with Crippen molar-refractivity contribution in [3.05, 3.63) is 0 Å². The summed E-state index contributed by atoms with van der Waals surface area (Å²) in [6.45, 7) is 5.36. The van der Waals surface area contributed by atoms with E-state index in [9.17, 15) is 4.79 Å². The fourth-order valence-corrected chi connectivity index (χ4v) is 3.08. The van der Waals surface area contributed by atoms with E-state index in [1.54, 1.807) is 0 Å². The molecule has 0 spiro atoms. The predicted molar refractivity (Wildman–Crippen MR) is 69.6 cm³/mol. The van der Waals surface area contributed by atoms with Gasteiger partial charge in [-0.25, -0.2) is 0 Å². The molecule has 2 N–H and O–H groups in total. The van der Waals surface area contributed by atoms with Crippen LogP contribution in [0.2, 0.25) is 0 Å². The van der Waals surface area contributed by atoms with E-state index in [0.717, 1.165) is 25.8 Å². The summed E-state index contributed by atoms with van der Waals surface area (Å²) in [4.78, 5) is 14.4. The van der Waals surface area contributed by atoms with Gasteiger partial charge in [0, 0.05) is 24.5 Å². The second kappa shape index (κ2) is 4.97. The average Bonchev–Trinajstić information content (AvgIpc) is 2.38. The highest BCUT2D eigenvalue weighted by Gasteiger charge is 2.37. The summed E-state index contributed by atoms with van der Waals surface area (Å²) in [7, 11) is 0. The first kappa shape index (κ1) is 12.9. The number of likely N-dealkylation sites (tertiary alicyclic amines) is 1. The molecule has 2 rings (SSSR count). The summed E-state index contributed by atoms with van der Waals surface area (Å²) < 4.78 is 0. The van der Waals surface area contributed by atoms with Crippen LogP contribution in [0.15, 0.2) is 0 Å². The summed E-state index contributed by atoms with van der Waals surface area (Å²) in [6.07, 6.45) is 7.45. The van der Waals surface area contributed by atoms with Crippen molar-refractivity contribution in [3.63, 3.8) is 0 Å². The summed E-state index contributed by atoms with van der Waals surface area (Å²) in [5, 5.41) is 0. The molecule has 0 aromatic carbocycles. The van der Waals surface area contributed by atoms with Crippen LogP contribution >= 0.6 is 0 Å². The fourth-order valence-electron chi connectivity index (χ4n) is 3.08. The minimum atomic E-state index is -0.174. The molecule has 0 aromatic heterocycles. The van der Waals surface area contributed by atoms with Crippen LogP contribution in [-0.2, 0) is 4.79 Å². The smallest absolute Gasteiger partial charge is 0.224 e. The second-order valence-corrected chi connectivity index (χ2v) is 6.32. The van der Waals surface area contributed by atoms with Gasteiger partial charge in [-0.2, -0.15) is 0 Å². The van der Waals surface area contributed by atoms with Crippen LogP contribution in [0.3, 0.4) is 0 Å². The summed E-state index contributed by atoms with van der Waals surface area (Å²) in [5.74, 6) is 0.924. The van der Waals surface area contributed by atoms with Gasteiger partial charge in [-0.3, -0.25) is 4.79 Å². The van der Waals surface area contributed by atoms with Crippen LogP contribution in [-0.4, -0.2) is 28.9 Å². The molecule has 2 atom stereocenters. The lowest BCUT2D eigenvalue weighted by Crippen LogP contribution is -2.52. The summed E-state index contributed by atoms with van der Waals surface area (Å²) in [5.41, 5.74) is 6.01. The number of carbonyl (C=O) groups is 1. The highest BCUT2D eigenvalue weighted by molar-refractivity contribution is 5.78. The van der Waals surface area contributed by atoms with Gasteiger partial charge in [-0.1, -0.05) is 13.3 Å². The van der Waals surface area contributed by atoms with E-state index >= 15 is 0 Å². The molecule has 17 heavy (non-hydrogen) atoms. The first-order chi connectivity index (χ1) is 8.00. The molecule has 3 heteroatoms. The maximum Gasteiger partial charge on any atom is 0.224 e. The third-order valence-electron chi connectivity index (χ3n) is 4.53. The molecule has 1 aliphatic heterocycles. The zero-order chi connectivity index (χ0) is 12.5. The van der Waals surface area contributed by atoms with Crippen molar-refractivity contribution in [3.8, 4) is 0 Å². The van der Waals surface area contributed by atoms with Gasteiger partial charge in [0.05, 0.1) is 0 Å². The van der Waals surface area contributed by atoms with Gasteiger partial charge >= 0.3 is 0 Å². The normalized spacial score (nSPS) is 32.8. The Bertz CT molecular complexity index is 286. The van der Waals surface area contributed by atoms with Crippen molar-refractivity contribution in [2.24, 2.45) is 11.7 Å². The lowest BCUT2D eigenvalue weighted by Gasteiger charge is -2.40. The number of nitrogens with zero attached hydrogens (tertiary/aromatic N) is 1. The quantitative estimate of drug-likeness (QED) is 0.802. The van der Waals surface area contributed by atoms with E-state index in [-0.39, 0.29) is 11.4 Å². The fraction of sp³-hybridized carbons (Fsp3) is 0.929. The monoisotopic (exact) mass is 238 g/mol. The Morgan fingerprint density at radius 1 is 1.29 bits per heavy atom. The molecule has 1 heterocycles. The van der Waals surface area contributed by atoms with E-state index in [1.165, 1.54) is 19.3 Å². The molecule has 1 aliphatic carbocycles. The van der Waals surface area contributed by atoms with Crippen LogP contribution in [0.25, 0.3) is 0 Å². The van der Waals surface area contributed by atoms with Gasteiger partial charge in [0.15, 0.2) is 0 Å². The number of hydrogen-bond acceptors (Lipinski definition) is 2. The van der Waals surface area contributed by atoms with Crippen molar-refractivity contribution < 1.29 is 4.79 Å². The van der Waals surface area contributed by atoms with Crippen LogP contribution in [0.4, 0.5) is 0 Å². The lowest BCUT2D eigenvalue weighted by molar-refractivity contribution is -0.135. The Labute approximate surface area is 105 Å². The summed E-state index contributed by atoms with van der Waals surface area (Å²) in [6, 6.07) is 0.399. The number of carbonyl (C=O) groups excluding carboxylic acids is 1. The first-order valence-electron chi connectivity index (χ1n) is 7.08. The molecule has 1 amide bonds. The molecule has 98 valence electrons. The van der Waals surface area contributed by atoms with Crippen molar-refractivity contribution in [2.45, 2.75) is 70.4 Å². The third kappa shape index (κ3) is 3.01. The highest BCUT2D eigenvalue weighted by atomic mass is 16.2. The summed E-state index contributed by atoms with van der Waals surface area (Å²) >= 11 is 0. The third-order valence-corrected chi connectivity index (χ3v) is 4.53. The topological polar surface area (TPSA) is 46.3 Å². The van der Waals surface area contributed by atoms with Crippen molar-refractivity contribution in [1.29, 1.82) is 0 Å². The predicted octanol–water partition coefficient (Wildman–Crippen LogP) is 2.30. The van der Waals surface area contributed by atoms with E-state index in [0.29, 0.717) is 18.4 Å². The van der Waals surface area contributed by atoms with E-state index in [1.807, 2.05) is 0 Å². The second-order valence-electron chi connectivity index (χ2n) is 6.32.